The van der Waals surface area contributed by atoms with Crippen molar-refractivity contribution < 1.29 is 9.90 Å². The number of aromatic hydroxyl groups is 1. The topological polar surface area (TPSA) is 62.2 Å². The predicted molar refractivity (Wildman–Crippen MR) is 86.4 cm³/mol. The van der Waals surface area contributed by atoms with Crippen molar-refractivity contribution in [3.63, 3.8) is 0 Å². The SMILES string of the molecule is O=C1Nc2ccccc2C1=Cc1cc(O)c2ncccc2c1. The van der Waals surface area contributed by atoms with E-state index in [4.69, 9.17) is 0 Å². The van der Waals surface area contributed by atoms with Crippen LogP contribution in [0.4, 0.5) is 5.69 Å². The molecule has 4 rings (SSSR count). The summed E-state index contributed by atoms with van der Waals surface area (Å²) in [4.78, 5) is 16.3. The number of rotatable bonds is 1. The minimum absolute atomic E-state index is 0.108. The number of hydrogen-bond donors (Lipinski definition) is 2. The van der Waals surface area contributed by atoms with Crippen molar-refractivity contribution in [3.05, 3.63) is 65.9 Å². The first-order valence-corrected chi connectivity index (χ1v) is 6.92. The standard InChI is InChI=1S/C18H12N2O2/c21-16-10-11(8-12-4-3-7-19-17(12)16)9-14-13-5-1-2-6-15(13)20-18(14)22/h1-10,21H,(H,20,22). The molecule has 1 aliphatic rings. The maximum atomic E-state index is 12.1. The summed E-state index contributed by atoms with van der Waals surface area (Å²) in [5.74, 6) is -0.0244. The van der Waals surface area contributed by atoms with Crippen LogP contribution in [0.3, 0.4) is 0 Å². The number of carbonyl (C=O) groups is 1. The highest BCUT2D eigenvalue weighted by atomic mass is 16.3. The van der Waals surface area contributed by atoms with Crippen LogP contribution in [0.1, 0.15) is 11.1 Å². The smallest absolute Gasteiger partial charge is 0.256 e. The second-order valence-electron chi connectivity index (χ2n) is 5.17. The predicted octanol–water partition coefficient (Wildman–Crippen LogP) is 3.43. The van der Waals surface area contributed by atoms with Gasteiger partial charge in [-0.2, -0.15) is 0 Å². The van der Waals surface area contributed by atoms with Crippen LogP contribution in [-0.4, -0.2) is 16.0 Å². The molecule has 0 saturated heterocycles. The second-order valence-corrected chi connectivity index (χ2v) is 5.17. The number of carbonyl (C=O) groups excluding carboxylic acids is 1. The number of pyridine rings is 1. The van der Waals surface area contributed by atoms with Crippen LogP contribution in [-0.2, 0) is 4.79 Å². The summed E-state index contributed by atoms with van der Waals surface area (Å²) in [7, 11) is 0. The highest BCUT2D eigenvalue weighted by Crippen LogP contribution is 2.34. The van der Waals surface area contributed by atoms with Crippen LogP contribution < -0.4 is 5.32 Å². The largest absolute Gasteiger partial charge is 0.506 e. The van der Waals surface area contributed by atoms with E-state index in [9.17, 15) is 9.90 Å². The Balaban J connectivity index is 1.88. The second kappa shape index (κ2) is 4.70. The number of hydrogen-bond acceptors (Lipinski definition) is 3. The van der Waals surface area contributed by atoms with E-state index in [0.29, 0.717) is 11.1 Å². The van der Waals surface area contributed by atoms with Crippen molar-refractivity contribution in [2.45, 2.75) is 0 Å². The molecule has 0 atom stereocenters. The molecular weight excluding hydrogens is 276 g/mol. The third kappa shape index (κ3) is 1.93. The molecule has 3 aromatic rings. The van der Waals surface area contributed by atoms with E-state index >= 15 is 0 Å². The number of aromatic nitrogens is 1. The van der Waals surface area contributed by atoms with E-state index in [1.165, 1.54) is 0 Å². The zero-order chi connectivity index (χ0) is 15.1. The summed E-state index contributed by atoms with van der Waals surface area (Å²) in [5.41, 5.74) is 3.60. The van der Waals surface area contributed by atoms with Gasteiger partial charge in [0.1, 0.15) is 11.3 Å². The summed E-state index contributed by atoms with van der Waals surface area (Å²) >= 11 is 0. The zero-order valence-corrected chi connectivity index (χ0v) is 11.6. The molecule has 2 N–H and O–H groups in total. The quantitative estimate of drug-likeness (QED) is 0.674. The summed E-state index contributed by atoms with van der Waals surface area (Å²) < 4.78 is 0. The number of phenolic OH excluding ortho intramolecular Hbond substituents is 1. The maximum Gasteiger partial charge on any atom is 0.256 e. The maximum absolute atomic E-state index is 12.1. The van der Waals surface area contributed by atoms with Crippen LogP contribution in [0.25, 0.3) is 22.6 Å². The van der Waals surface area contributed by atoms with Crippen LogP contribution in [0.15, 0.2) is 54.7 Å². The lowest BCUT2D eigenvalue weighted by Crippen LogP contribution is -2.03. The Hall–Kier alpha value is -3.14. The number of anilines is 1. The Morgan fingerprint density at radius 3 is 2.86 bits per heavy atom. The van der Waals surface area contributed by atoms with Gasteiger partial charge in [-0.15, -0.1) is 0 Å². The summed E-state index contributed by atoms with van der Waals surface area (Å²) in [6.45, 7) is 0. The van der Waals surface area contributed by atoms with Gasteiger partial charge in [0.15, 0.2) is 0 Å². The fourth-order valence-electron chi connectivity index (χ4n) is 2.73. The Kier molecular flexibility index (Phi) is 2.69. The van der Waals surface area contributed by atoms with Gasteiger partial charge in [-0.1, -0.05) is 24.3 Å². The lowest BCUT2D eigenvalue weighted by atomic mass is 10.0. The Labute approximate surface area is 126 Å². The van der Waals surface area contributed by atoms with E-state index in [1.807, 2.05) is 42.5 Å². The number of phenols is 1. The van der Waals surface area contributed by atoms with Gasteiger partial charge in [-0.05, 0) is 35.9 Å². The van der Waals surface area contributed by atoms with Gasteiger partial charge in [-0.25, -0.2) is 0 Å². The number of amides is 1. The molecule has 0 spiro atoms. The Bertz CT molecular complexity index is 945. The summed E-state index contributed by atoms with van der Waals surface area (Å²) in [5, 5.41) is 13.8. The molecule has 1 aromatic heterocycles. The first kappa shape index (κ1) is 12.6. The highest BCUT2D eigenvalue weighted by Gasteiger charge is 2.23. The Morgan fingerprint density at radius 2 is 1.95 bits per heavy atom. The highest BCUT2D eigenvalue weighted by molar-refractivity contribution is 6.35. The molecule has 22 heavy (non-hydrogen) atoms. The van der Waals surface area contributed by atoms with Crippen LogP contribution in [0, 0.1) is 0 Å². The van der Waals surface area contributed by atoms with Crippen molar-refractivity contribution in [2.75, 3.05) is 5.32 Å². The zero-order valence-electron chi connectivity index (χ0n) is 11.6. The first-order chi connectivity index (χ1) is 10.7. The minimum Gasteiger partial charge on any atom is -0.506 e. The first-order valence-electron chi connectivity index (χ1n) is 6.92. The molecule has 106 valence electrons. The lowest BCUT2D eigenvalue weighted by molar-refractivity contribution is -0.110. The molecule has 2 heterocycles. The summed E-state index contributed by atoms with van der Waals surface area (Å²) in [6, 6.07) is 14.8. The van der Waals surface area contributed by atoms with Gasteiger partial charge < -0.3 is 10.4 Å². The van der Waals surface area contributed by atoms with Crippen molar-refractivity contribution in [1.82, 2.24) is 4.98 Å². The number of para-hydroxylation sites is 1. The van der Waals surface area contributed by atoms with Gasteiger partial charge in [-0.3, -0.25) is 9.78 Å². The molecular formula is C18H12N2O2. The average Bonchev–Trinajstić information content (AvgIpc) is 2.84. The molecule has 4 nitrogen and oxygen atoms in total. The lowest BCUT2D eigenvalue weighted by Gasteiger charge is -2.03. The van der Waals surface area contributed by atoms with E-state index < -0.39 is 0 Å². The fraction of sp³-hybridized carbons (Fsp3) is 0. The van der Waals surface area contributed by atoms with Gasteiger partial charge in [0.25, 0.3) is 5.91 Å². The molecule has 0 aliphatic carbocycles. The number of benzene rings is 2. The fourth-order valence-corrected chi connectivity index (χ4v) is 2.73. The van der Waals surface area contributed by atoms with E-state index in [0.717, 1.165) is 22.2 Å². The van der Waals surface area contributed by atoms with Crippen molar-refractivity contribution in [1.29, 1.82) is 0 Å². The molecule has 0 radical (unpaired) electrons. The third-order valence-corrected chi connectivity index (χ3v) is 3.73. The monoisotopic (exact) mass is 288 g/mol. The normalized spacial score (nSPS) is 15.1. The summed E-state index contributed by atoms with van der Waals surface area (Å²) in [6.07, 6.45) is 3.42. The van der Waals surface area contributed by atoms with Crippen molar-refractivity contribution >= 4 is 34.1 Å². The molecule has 2 aromatic carbocycles. The molecule has 0 saturated carbocycles. The molecule has 4 heteroatoms. The van der Waals surface area contributed by atoms with Gasteiger partial charge in [0, 0.05) is 28.4 Å². The van der Waals surface area contributed by atoms with Crippen LogP contribution in [0.2, 0.25) is 0 Å². The van der Waals surface area contributed by atoms with Crippen LogP contribution >= 0.6 is 0 Å². The van der Waals surface area contributed by atoms with E-state index in [-0.39, 0.29) is 11.7 Å². The number of fused-ring (bicyclic) bond motifs is 2. The number of nitrogens with one attached hydrogen (secondary N) is 1. The average molecular weight is 288 g/mol. The van der Waals surface area contributed by atoms with Crippen LogP contribution in [0.5, 0.6) is 5.75 Å². The number of nitrogens with zero attached hydrogens (tertiary/aromatic N) is 1. The molecule has 1 aliphatic heterocycles. The molecule has 0 bridgehead atoms. The van der Waals surface area contributed by atoms with Gasteiger partial charge >= 0.3 is 0 Å². The molecule has 0 unspecified atom stereocenters. The van der Waals surface area contributed by atoms with E-state index in [2.05, 4.69) is 10.3 Å². The minimum atomic E-state index is -0.132. The third-order valence-electron chi connectivity index (χ3n) is 3.73. The van der Waals surface area contributed by atoms with Crippen molar-refractivity contribution in [2.24, 2.45) is 0 Å². The van der Waals surface area contributed by atoms with Gasteiger partial charge in [0.05, 0.1) is 0 Å². The van der Waals surface area contributed by atoms with Crippen molar-refractivity contribution in [3.8, 4) is 5.75 Å². The van der Waals surface area contributed by atoms with Gasteiger partial charge in [0.2, 0.25) is 0 Å². The van der Waals surface area contributed by atoms with E-state index in [1.54, 1.807) is 18.3 Å². The molecule has 1 amide bonds. The Morgan fingerprint density at radius 1 is 1.09 bits per heavy atom. The molecule has 0 fully saturated rings.